The van der Waals surface area contributed by atoms with Crippen LogP contribution in [0.5, 0.6) is 0 Å². The van der Waals surface area contributed by atoms with Crippen molar-refractivity contribution in [3.05, 3.63) is 65.5 Å². The Morgan fingerprint density at radius 1 is 1.11 bits per heavy atom. The van der Waals surface area contributed by atoms with Gasteiger partial charge in [0.15, 0.2) is 0 Å². The molecule has 0 saturated heterocycles. The highest BCUT2D eigenvalue weighted by atomic mass is 32.2. The van der Waals surface area contributed by atoms with Crippen molar-refractivity contribution in [1.29, 1.82) is 0 Å². The number of nitrogens with zero attached hydrogens (tertiary/aromatic N) is 3. The molecule has 3 aromatic rings. The summed E-state index contributed by atoms with van der Waals surface area (Å²) >= 11 is 0. The minimum Gasteiger partial charge on any atom is -0.267 e. The van der Waals surface area contributed by atoms with Crippen molar-refractivity contribution in [2.24, 2.45) is 0 Å². The Hall–Kier alpha value is -2.51. The summed E-state index contributed by atoms with van der Waals surface area (Å²) in [7, 11) is -3.52. The first-order valence-electron chi connectivity index (χ1n) is 9.61. The van der Waals surface area contributed by atoms with Crippen LogP contribution in [0, 0.1) is 6.92 Å². The van der Waals surface area contributed by atoms with Crippen LogP contribution in [0.2, 0.25) is 0 Å². The van der Waals surface area contributed by atoms with E-state index < -0.39 is 10.0 Å². The lowest BCUT2D eigenvalue weighted by molar-refractivity contribution is 0.538. The van der Waals surface area contributed by atoms with Gasteiger partial charge in [0.2, 0.25) is 10.0 Å². The van der Waals surface area contributed by atoms with Crippen molar-refractivity contribution in [3.8, 4) is 11.4 Å². The smallest absolute Gasteiger partial charge is 0.240 e. The van der Waals surface area contributed by atoms with Crippen molar-refractivity contribution in [3.63, 3.8) is 0 Å². The van der Waals surface area contributed by atoms with Crippen LogP contribution in [0.3, 0.4) is 0 Å². The standard InChI is InChI=1S/C21H24N4O2S/c1-16-7-6-8-17(15-16)28(26,27)23-13-14-25-20-11-3-2-9-18(20)21(24-25)19-10-4-5-12-22-19/h4-8,10,12,15,23H,2-3,9,11,13-14H2,1H3. The topological polar surface area (TPSA) is 76.9 Å². The number of nitrogens with one attached hydrogen (secondary N) is 1. The van der Waals surface area contributed by atoms with Crippen LogP contribution in [-0.2, 0) is 29.4 Å². The summed E-state index contributed by atoms with van der Waals surface area (Å²) in [5.74, 6) is 0. The Kier molecular flexibility index (Phi) is 5.28. The molecule has 0 radical (unpaired) electrons. The molecule has 28 heavy (non-hydrogen) atoms. The number of hydrogen-bond acceptors (Lipinski definition) is 4. The normalized spacial score (nSPS) is 14.0. The minimum absolute atomic E-state index is 0.296. The van der Waals surface area contributed by atoms with E-state index in [0.29, 0.717) is 18.0 Å². The average molecular weight is 397 g/mol. The SMILES string of the molecule is Cc1cccc(S(=O)(=O)NCCn2nc(-c3ccccn3)c3c2CCCC3)c1. The van der Waals surface area contributed by atoms with Gasteiger partial charge in [0, 0.05) is 24.0 Å². The summed E-state index contributed by atoms with van der Waals surface area (Å²) in [6.07, 6.45) is 6.03. The molecule has 0 aliphatic heterocycles. The van der Waals surface area contributed by atoms with E-state index in [-0.39, 0.29) is 0 Å². The highest BCUT2D eigenvalue weighted by Gasteiger charge is 2.22. The number of sulfonamides is 1. The zero-order chi connectivity index (χ0) is 19.6. The molecule has 0 unspecified atom stereocenters. The van der Waals surface area contributed by atoms with E-state index in [4.69, 9.17) is 5.10 Å². The molecule has 2 aromatic heterocycles. The van der Waals surface area contributed by atoms with Gasteiger partial charge in [-0.15, -0.1) is 0 Å². The van der Waals surface area contributed by atoms with Gasteiger partial charge in [-0.2, -0.15) is 5.10 Å². The number of benzene rings is 1. The molecule has 1 aliphatic carbocycles. The third-order valence-electron chi connectivity index (χ3n) is 5.08. The van der Waals surface area contributed by atoms with E-state index in [9.17, 15) is 8.42 Å². The largest absolute Gasteiger partial charge is 0.267 e. The lowest BCUT2D eigenvalue weighted by Crippen LogP contribution is -2.28. The molecule has 2 heterocycles. The van der Waals surface area contributed by atoms with Crippen molar-refractivity contribution in [2.45, 2.75) is 44.0 Å². The fourth-order valence-corrected chi connectivity index (χ4v) is 4.84. The molecule has 7 heteroatoms. The lowest BCUT2D eigenvalue weighted by atomic mass is 9.95. The maximum absolute atomic E-state index is 12.5. The third-order valence-corrected chi connectivity index (χ3v) is 6.54. The Labute approximate surface area is 165 Å². The van der Waals surface area contributed by atoms with Crippen LogP contribution in [0.4, 0.5) is 0 Å². The second-order valence-electron chi connectivity index (χ2n) is 7.13. The van der Waals surface area contributed by atoms with Crippen LogP contribution >= 0.6 is 0 Å². The van der Waals surface area contributed by atoms with Gasteiger partial charge in [-0.25, -0.2) is 13.1 Å². The molecule has 4 rings (SSSR count). The second kappa shape index (κ2) is 7.85. The first kappa shape index (κ1) is 18.8. The number of aromatic nitrogens is 3. The van der Waals surface area contributed by atoms with E-state index in [1.807, 2.05) is 35.9 Å². The number of pyridine rings is 1. The number of rotatable bonds is 6. The Bertz CT molecular complexity index is 1080. The summed E-state index contributed by atoms with van der Waals surface area (Å²) in [5.41, 5.74) is 5.19. The van der Waals surface area contributed by atoms with Crippen molar-refractivity contribution in [1.82, 2.24) is 19.5 Å². The quantitative estimate of drug-likeness (QED) is 0.695. The Balaban J connectivity index is 1.53. The van der Waals surface area contributed by atoms with Crippen LogP contribution in [-0.4, -0.2) is 29.7 Å². The van der Waals surface area contributed by atoms with E-state index in [2.05, 4.69) is 9.71 Å². The maximum Gasteiger partial charge on any atom is 0.240 e. The lowest BCUT2D eigenvalue weighted by Gasteiger charge is -2.14. The summed E-state index contributed by atoms with van der Waals surface area (Å²) in [4.78, 5) is 4.75. The molecule has 0 saturated carbocycles. The molecule has 0 spiro atoms. The van der Waals surface area contributed by atoms with E-state index in [1.54, 1.807) is 24.4 Å². The van der Waals surface area contributed by atoms with Gasteiger partial charge in [0.1, 0.15) is 5.69 Å². The summed E-state index contributed by atoms with van der Waals surface area (Å²) in [6, 6.07) is 12.8. The number of aryl methyl sites for hydroxylation is 1. The predicted octanol–water partition coefficient (Wildman–Crippen LogP) is 3.11. The molecule has 0 amide bonds. The van der Waals surface area contributed by atoms with Gasteiger partial charge in [-0.3, -0.25) is 9.67 Å². The molecular formula is C21H24N4O2S. The van der Waals surface area contributed by atoms with E-state index in [0.717, 1.165) is 42.6 Å². The first-order chi connectivity index (χ1) is 13.5. The van der Waals surface area contributed by atoms with Crippen LogP contribution in [0.15, 0.2) is 53.6 Å². The molecule has 1 aliphatic rings. The van der Waals surface area contributed by atoms with Gasteiger partial charge >= 0.3 is 0 Å². The van der Waals surface area contributed by atoms with Crippen LogP contribution in [0.25, 0.3) is 11.4 Å². The molecule has 1 N–H and O–H groups in total. The van der Waals surface area contributed by atoms with E-state index >= 15 is 0 Å². The van der Waals surface area contributed by atoms with Crippen molar-refractivity contribution < 1.29 is 8.42 Å². The zero-order valence-electron chi connectivity index (χ0n) is 15.9. The molecule has 6 nitrogen and oxygen atoms in total. The number of fused-ring (bicyclic) bond motifs is 1. The van der Waals surface area contributed by atoms with Gasteiger partial charge < -0.3 is 0 Å². The van der Waals surface area contributed by atoms with Gasteiger partial charge in [-0.1, -0.05) is 18.2 Å². The van der Waals surface area contributed by atoms with Crippen LogP contribution in [0.1, 0.15) is 29.7 Å². The molecule has 146 valence electrons. The molecular weight excluding hydrogens is 372 g/mol. The molecule has 0 atom stereocenters. The fraction of sp³-hybridized carbons (Fsp3) is 0.333. The minimum atomic E-state index is -3.52. The Morgan fingerprint density at radius 2 is 1.96 bits per heavy atom. The van der Waals surface area contributed by atoms with Gasteiger partial charge in [0.25, 0.3) is 0 Å². The zero-order valence-corrected chi connectivity index (χ0v) is 16.7. The first-order valence-corrected chi connectivity index (χ1v) is 11.1. The summed E-state index contributed by atoms with van der Waals surface area (Å²) < 4.78 is 29.7. The van der Waals surface area contributed by atoms with Gasteiger partial charge in [0.05, 0.1) is 17.1 Å². The average Bonchev–Trinajstić information content (AvgIpc) is 3.07. The van der Waals surface area contributed by atoms with Crippen molar-refractivity contribution >= 4 is 10.0 Å². The van der Waals surface area contributed by atoms with E-state index in [1.165, 1.54) is 11.3 Å². The molecule has 0 bridgehead atoms. The van der Waals surface area contributed by atoms with Crippen LogP contribution < -0.4 is 4.72 Å². The second-order valence-corrected chi connectivity index (χ2v) is 8.90. The monoisotopic (exact) mass is 396 g/mol. The highest BCUT2D eigenvalue weighted by molar-refractivity contribution is 7.89. The Morgan fingerprint density at radius 3 is 2.75 bits per heavy atom. The summed E-state index contributed by atoms with van der Waals surface area (Å²) in [5, 5.41) is 4.79. The maximum atomic E-state index is 12.5. The fourth-order valence-electron chi connectivity index (χ4n) is 3.72. The third kappa shape index (κ3) is 3.86. The molecule has 1 aromatic carbocycles. The predicted molar refractivity (Wildman–Crippen MR) is 108 cm³/mol. The van der Waals surface area contributed by atoms with Gasteiger partial charge in [-0.05, 0) is 62.4 Å². The molecule has 0 fully saturated rings. The van der Waals surface area contributed by atoms with Crippen molar-refractivity contribution in [2.75, 3.05) is 6.54 Å². The summed E-state index contributed by atoms with van der Waals surface area (Å²) in [6.45, 7) is 2.68. The highest BCUT2D eigenvalue weighted by Crippen LogP contribution is 2.30. The number of hydrogen-bond donors (Lipinski definition) is 1.